The summed E-state index contributed by atoms with van der Waals surface area (Å²) in [5.41, 5.74) is 1.46. The lowest BCUT2D eigenvalue weighted by atomic mass is 10.2. The second-order valence-electron chi connectivity index (χ2n) is 7.70. The first-order valence-electron chi connectivity index (χ1n) is 10.8. The number of hydrogen-bond donors (Lipinski definition) is 0. The van der Waals surface area contributed by atoms with Crippen LogP contribution in [-0.2, 0) is 0 Å². The van der Waals surface area contributed by atoms with Crippen LogP contribution in [0.2, 0.25) is 5.02 Å². The quantitative estimate of drug-likeness (QED) is 0.407. The molecule has 168 valence electrons. The van der Waals surface area contributed by atoms with Gasteiger partial charge in [0, 0.05) is 43.3 Å². The maximum atomic E-state index is 5.91. The topological polar surface area (TPSA) is 80.4 Å². The SMILES string of the molecule is Clc1ccc(OCCN2CCN(c3ccc(-c4nc(-c5ccccc5)no4)nn3)CC2)cc1. The summed E-state index contributed by atoms with van der Waals surface area (Å²) in [6, 6.07) is 21.0. The Labute approximate surface area is 196 Å². The summed E-state index contributed by atoms with van der Waals surface area (Å²) < 4.78 is 11.2. The number of halogens is 1. The van der Waals surface area contributed by atoms with Crippen LogP contribution in [0.1, 0.15) is 0 Å². The van der Waals surface area contributed by atoms with Crippen molar-refractivity contribution in [3.8, 4) is 28.7 Å². The molecule has 0 bridgehead atoms. The van der Waals surface area contributed by atoms with Gasteiger partial charge in [0.05, 0.1) is 0 Å². The van der Waals surface area contributed by atoms with Gasteiger partial charge in [-0.25, -0.2) is 0 Å². The zero-order chi connectivity index (χ0) is 22.5. The van der Waals surface area contributed by atoms with Crippen LogP contribution in [-0.4, -0.2) is 64.6 Å². The third-order valence-electron chi connectivity index (χ3n) is 5.51. The normalized spacial score (nSPS) is 14.4. The van der Waals surface area contributed by atoms with E-state index in [0.717, 1.165) is 49.9 Å². The molecule has 0 spiro atoms. The largest absolute Gasteiger partial charge is 0.492 e. The number of piperazine rings is 1. The van der Waals surface area contributed by atoms with Crippen LogP contribution < -0.4 is 9.64 Å². The van der Waals surface area contributed by atoms with E-state index < -0.39 is 0 Å². The van der Waals surface area contributed by atoms with Crippen LogP contribution in [0, 0.1) is 0 Å². The van der Waals surface area contributed by atoms with Crippen molar-refractivity contribution in [2.75, 3.05) is 44.2 Å². The fraction of sp³-hybridized carbons (Fsp3) is 0.250. The van der Waals surface area contributed by atoms with E-state index >= 15 is 0 Å². The second kappa shape index (κ2) is 9.97. The lowest BCUT2D eigenvalue weighted by Crippen LogP contribution is -2.47. The molecule has 1 saturated heterocycles. The predicted octanol–water partition coefficient (Wildman–Crippen LogP) is 4.05. The van der Waals surface area contributed by atoms with Crippen molar-refractivity contribution in [3.63, 3.8) is 0 Å². The minimum absolute atomic E-state index is 0.360. The first kappa shape index (κ1) is 21.4. The van der Waals surface area contributed by atoms with Crippen LogP contribution >= 0.6 is 11.6 Å². The molecule has 1 fully saturated rings. The molecule has 3 heterocycles. The summed E-state index contributed by atoms with van der Waals surface area (Å²) in [4.78, 5) is 9.06. The molecule has 2 aromatic heterocycles. The molecule has 0 atom stereocenters. The van der Waals surface area contributed by atoms with Gasteiger partial charge < -0.3 is 14.2 Å². The summed E-state index contributed by atoms with van der Waals surface area (Å²) in [5, 5.41) is 13.5. The van der Waals surface area contributed by atoms with E-state index in [0.29, 0.717) is 29.0 Å². The van der Waals surface area contributed by atoms with Gasteiger partial charge in [-0.15, -0.1) is 10.2 Å². The van der Waals surface area contributed by atoms with Gasteiger partial charge in [-0.1, -0.05) is 47.1 Å². The van der Waals surface area contributed by atoms with Gasteiger partial charge in [0.15, 0.2) is 11.5 Å². The van der Waals surface area contributed by atoms with Crippen molar-refractivity contribution >= 4 is 17.4 Å². The van der Waals surface area contributed by atoms with Crippen LogP contribution in [0.4, 0.5) is 5.82 Å². The molecular weight excluding hydrogens is 440 g/mol. The molecule has 0 unspecified atom stereocenters. The van der Waals surface area contributed by atoms with E-state index in [-0.39, 0.29) is 0 Å². The zero-order valence-electron chi connectivity index (χ0n) is 18.0. The van der Waals surface area contributed by atoms with Gasteiger partial charge in [-0.3, -0.25) is 4.90 Å². The molecule has 0 N–H and O–H groups in total. The molecule has 2 aromatic carbocycles. The fourth-order valence-electron chi connectivity index (χ4n) is 3.66. The number of aromatic nitrogens is 4. The average Bonchev–Trinajstić information content (AvgIpc) is 3.37. The van der Waals surface area contributed by atoms with Crippen molar-refractivity contribution in [2.24, 2.45) is 0 Å². The van der Waals surface area contributed by atoms with E-state index in [4.69, 9.17) is 20.9 Å². The summed E-state index contributed by atoms with van der Waals surface area (Å²) in [5.74, 6) is 2.58. The maximum absolute atomic E-state index is 5.91. The van der Waals surface area contributed by atoms with E-state index in [1.807, 2.05) is 66.7 Å². The Morgan fingerprint density at radius 3 is 2.39 bits per heavy atom. The van der Waals surface area contributed by atoms with E-state index in [2.05, 4.69) is 30.1 Å². The number of anilines is 1. The summed E-state index contributed by atoms with van der Waals surface area (Å²) in [7, 11) is 0. The molecule has 1 aliphatic rings. The number of benzene rings is 2. The molecule has 0 saturated carbocycles. The van der Waals surface area contributed by atoms with Gasteiger partial charge in [0.2, 0.25) is 5.82 Å². The highest BCUT2D eigenvalue weighted by atomic mass is 35.5. The fourth-order valence-corrected chi connectivity index (χ4v) is 3.79. The van der Waals surface area contributed by atoms with Gasteiger partial charge in [0.1, 0.15) is 12.4 Å². The number of nitrogens with zero attached hydrogens (tertiary/aromatic N) is 6. The summed E-state index contributed by atoms with van der Waals surface area (Å²) in [6.07, 6.45) is 0. The highest BCUT2D eigenvalue weighted by molar-refractivity contribution is 6.30. The van der Waals surface area contributed by atoms with E-state index in [1.165, 1.54) is 0 Å². The number of rotatable bonds is 7. The smallest absolute Gasteiger partial charge is 0.278 e. The highest BCUT2D eigenvalue weighted by Crippen LogP contribution is 2.22. The standard InChI is InChI=1S/C24H23ClN6O2/c25-19-6-8-20(9-7-19)32-17-16-30-12-14-31(15-13-30)22-11-10-21(27-28-22)24-26-23(29-33-24)18-4-2-1-3-5-18/h1-11H,12-17H2. The van der Waals surface area contributed by atoms with Crippen LogP contribution in [0.3, 0.4) is 0 Å². The molecule has 4 aromatic rings. The van der Waals surface area contributed by atoms with Gasteiger partial charge in [-0.05, 0) is 36.4 Å². The Kier molecular flexibility index (Phi) is 6.46. The second-order valence-corrected chi connectivity index (χ2v) is 8.13. The van der Waals surface area contributed by atoms with Crippen molar-refractivity contribution in [1.82, 2.24) is 25.2 Å². The Morgan fingerprint density at radius 2 is 1.67 bits per heavy atom. The van der Waals surface area contributed by atoms with Gasteiger partial charge >= 0.3 is 0 Å². The molecule has 5 rings (SSSR count). The molecule has 9 heteroatoms. The lowest BCUT2D eigenvalue weighted by molar-refractivity contribution is 0.200. The van der Waals surface area contributed by atoms with Crippen LogP contribution in [0.25, 0.3) is 23.0 Å². The van der Waals surface area contributed by atoms with Crippen molar-refractivity contribution in [2.45, 2.75) is 0 Å². The summed E-state index contributed by atoms with van der Waals surface area (Å²) >= 11 is 5.91. The average molecular weight is 463 g/mol. The van der Waals surface area contributed by atoms with Crippen molar-refractivity contribution in [3.05, 3.63) is 71.8 Å². The van der Waals surface area contributed by atoms with Gasteiger partial charge in [-0.2, -0.15) is 4.98 Å². The molecular formula is C24H23ClN6O2. The molecule has 1 aliphatic heterocycles. The minimum atomic E-state index is 0.360. The Hall–Kier alpha value is -3.49. The third kappa shape index (κ3) is 5.30. The Balaban J connectivity index is 1.12. The van der Waals surface area contributed by atoms with Crippen molar-refractivity contribution < 1.29 is 9.26 Å². The first-order chi connectivity index (χ1) is 16.2. The van der Waals surface area contributed by atoms with Crippen molar-refractivity contribution in [1.29, 1.82) is 0 Å². The Bertz CT molecular complexity index is 1160. The predicted molar refractivity (Wildman–Crippen MR) is 126 cm³/mol. The number of hydrogen-bond acceptors (Lipinski definition) is 8. The molecule has 0 aliphatic carbocycles. The molecule has 33 heavy (non-hydrogen) atoms. The Morgan fingerprint density at radius 1 is 0.879 bits per heavy atom. The molecule has 8 nitrogen and oxygen atoms in total. The summed E-state index contributed by atoms with van der Waals surface area (Å²) in [6.45, 7) is 5.17. The van der Waals surface area contributed by atoms with E-state index in [9.17, 15) is 0 Å². The lowest BCUT2D eigenvalue weighted by Gasteiger charge is -2.35. The van der Waals surface area contributed by atoms with E-state index in [1.54, 1.807) is 0 Å². The van der Waals surface area contributed by atoms with Crippen LogP contribution in [0.15, 0.2) is 71.3 Å². The first-order valence-corrected chi connectivity index (χ1v) is 11.2. The highest BCUT2D eigenvalue weighted by Gasteiger charge is 2.19. The maximum Gasteiger partial charge on any atom is 0.278 e. The molecule has 0 radical (unpaired) electrons. The van der Waals surface area contributed by atoms with Crippen LogP contribution in [0.5, 0.6) is 5.75 Å². The van der Waals surface area contributed by atoms with Gasteiger partial charge in [0.25, 0.3) is 5.89 Å². The zero-order valence-corrected chi connectivity index (χ0v) is 18.7. The monoisotopic (exact) mass is 462 g/mol. The third-order valence-corrected chi connectivity index (χ3v) is 5.77. The number of ether oxygens (including phenoxy) is 1. The molecule has 0 amide bonds. The minimum Gasteiger partial charge on any atom is -0.492 e.